The summed E-state index contributed by atoms with van der Waals surface area (Å²) in [6.07, 6.45) is 3.17. The summed E-state index contributed by atoms with van der Waals surface area (Å²) in [6.45, 7) is 0.574. The van der Waals surface area contributed by atoms with Gasteiger partial charge < -0.3 is 4.52 Å². The van der Waals surface area contributed by atoms with Gasteiger partial charge in [-0.1, -0.05) is 16.8 Å². The Balaban J connectivity index is 1.47. The molecule has 0 bridgehead atoms. The molecule has 0 N–H and O–H groups in total. The normalized spacial score (nSPS) is 16.2. The van der Waals surface area contributed by atoms with Crippen LogP contribution in [0.1, 0.15) is 11.8 Å². The first kappa shape index (κ1) is 15.6. The summed E-state index contributed by atoms with van der Waals surface area (Å²) < 4.78 is 32.1. The first-order chi connectivity index (χ1) is 11.5. The molecule has 24 heavy (non-hydrogen) atoms. The molecular weight excluding hydrogens is 374 g/mol. The summed E-state index contributed by atoms with van der Waals surface area (Å²) >= 11 is 6.85. The van der Waals surface area contributed by atoms with Gasteiger partial charge in [0.2, 0.25) is 17.5 Å². The van der Waals surface area contributed by atoms with Crippen LogP contribution in [-0.2, 0) is 10.0 Å². The quantitative estimate of drug-likeness (QED) is 0.679. The van der Waals surface area contributed by atoms with Crippen molar-refractivity contribution in [1.29, 1.82) is 0 Å². The Hall–Kier alpha value is -1.88. The lowest BCUT2D eigenvalue weighted by Crippen LogP contribution is -2.48. The molecule has 3 aromatic rings. The second-order valence-corrected chi connectivity index (χ2v) is 8.99. The monoisotopic (exact) mass is 383 g/mol. The minimum Gasteiger partial charge on any atom is -0.338 e. The van der Waals surface area contributed by atoms with E-state index in [0.29, 0.717) is 16.1 Å². The van der Waals surface area contributed by atoms with Crippen molar-refractivity contribution in [3.8, 4) is 11.6 Å². The van der Waals surface area contributed by atoms with Crippen molar-refractivity contribution in [1.82, 2.24) is 24.4 Å². The zero-order chi connectivity index (χ0) is 16.7. The number of hydrogen-bond donors (Lipinski definition) is 0. The van der Waals surface area contributed by atoms with Crippen LogP contribution >= 0.6 is 22.9 Å². The number of aromatic nitrogens is 4. The molecule has 4 rings (SSSR count). The van der Waals surface area contributed by atoms with Gasteiger partial charge in [-0.05, 0) is 18.2 Å². The molecule has 0 aromatic carbocycles. The van der Waals surface area contributed by atoms with Crippen LogP contribution in [0.3, 0.4) is 0 Å². The molecule has 0 unspecified atom stereocenters. The molecule has 1 fully saturated rings. The Morgan fingerprint density at radius 2 is 1.96 bits per heavy atom. The zero-order valence-electron chi connectivity index (χ0n) is 12.0. The van der Waals surface area contributed by atoms with Gasteiger partial charge in [0.1, 0.15) is 4.21 Å². The molecule has 0 amide bonds. The molecule has 0 atom stereocenters. The molecule has 4 heterocycles. The van der Waals surface area contributed by atoms with Crippen molar-refractivity contribution >= 4 is 33.0 Å². The highest BCUT2D eigenvalue weighted by molar-refractivity contribution is 7.91. The van der Waals surface area contributed by atoms with Gasteiger partial charge in [-0.15, -0.1) is 11.3 Å². The molecule has 11 heteroatoms. The van der Waals surface area contributed by atoms with Crippen molar-refractivity contribution < 1.29 is 12.9 Å². The maximum absolute atomic E-state index is 12.4. The van der Waals surface area contributed by atoms with Gasteiger partial charge in [-0.25, -0.2) is 18.4 Å². The molecule has 124 valence electrons. The van der Waals surface area contributed by atoms with Crippen LogP contribution in [0.25, 0.3) is 11.6 Å². The van der Waals surface area contributed by atoms with Crippen molar-refractivity contribution in [2.24, 2.45) is 0 Å². The standard InChI is InChI=1S/C13H10ClN5O3S2/c14-9-2-3-10(23-9)24(20,21)19-6-8(7-19)13-17-12(18-22-13)11-15-4-1-5-16-11/h1-5,8H,6-7H2. The van der Waals surface area contributed by atoms with Crippen LogP contribution in [0.4, 0.5) is 0 Å². The van der Waals surface area contributed by atoms with Crippen molar-refractivity contribution in [3.05, 3.63) is 40.8 Å². The fourth-order valence-electron chi connectivity index (χ4n) is 2.26. The van der Waals surface area contributed by atoms with E-state index in [-0.39, 0.29) is 29.0 Å². The Labute approximate surface area is 146 Å². The van der Waals surface area contributed by atoms with Gasteiger partial charge in [-0.3, -0.25) is 0 Å². The van der Waals surface area contributed by atoms with E-state index in [1.807, 2.05) is 0 Å². The number of halogens is 1. The molecule has 0 saturated carbocycles. The number of rotatable bonds is 4. The lowest BCUT2D eigenvalue weighted by Gasteiger charge is -2.35. The molecule has 8 nitrogen and oxygen atoms in total. The van der Waals surface area contributed by atoms with Crippen molar-refractivity contribution in [2.75, 3.05) is 13.1 Å². The predicted octanol–water partition coefficient (Wildman–Crippen LogP) is 2.03. The summed E-state index contributed by atoms with van der Waals surface area (Å²) in [5, 5.41) is 3.84. The smallest absolute Gasteiger partial charge is 0.252 e. The summed E-state index contributed by atoms with van der Waals surface area (Å²) in [6, 6.07) is 4.77. The maximum atomic E-state index is 12.4. The maximum Gasteiger partial charge on any atom is 0.252 e. The SMILES string of the molecule is O=S(=O)(c1ccc(Cl)s1)N1CC(c2nc(-c3ncccn3)no2)C1. The second kappa shape index (κ2) is 5.88. The topological polar surface area (TPSA) is 102 Å². The summed E-state index contributed by atoms with van der Waals surface area (Å²) in [4.78, 5) is 12.3. The zero-order valence-corrected chi connectivity index (χ0v) is 14.4. The summed E-state index contributed by atoms with van der Waals surface area (Å²) in [5.74, 6) is 0.898. The first-order valence-corrected chi connectivity index (χ1v) is 9.54. The lowest BCUT2D eigenvalue weighted by atomic mass is 10.0. The fraction of sp³-hybridized carbons (Fsp3) is 0.231. The molecule has 3 aromatic heterocycles. The van der Waals surface area contributed by atoms with E-state index in [9.17, 15) is 8.42 Å². The minimum absolute atomic E-state index is 0.139. The van der Waals surface area contributed by atoms with Crippen LogP contribution in [0.15, 0.2) is 39.3 Å². The first-order valence-electron chi connectivity index (χ1n) is 6.90. The Morgan fingerprint density at radius 3 is 2.62 bits per heavy atom. The van der Waals surface area contributed by atoms with E-state index in [4.69, 9.17) is 16.1 Å². The number of sulfonamides is 1. The third kappa shape index (κ3) is 2.71. The number of thiophene rings is 1. The van der Waals surface area contributed by atoms with Gasteiger partial charge in [-0.2, -0.15) is 9.29 Å². The highest BCUT2D eigenvalue weighted by atomic mass is 35.5. The Kier molecular flexibility index (Phi) is 3.83. The largest absolute Gasteiger partial charge is 0.338 e. The highest BCUT2D eigenvalue weighted by Crippen LogP contribution is 2.35. The summed E-state index contributed by atoms with van der Waals surface area (Å²) in [5.41, 5.74) is 0. The number of hydrogen-bond acceptors (Lipinski definition) is 8. The van der Waals surface area contributed by atoms with E-state index in [1.54, 1.807) is 24.5 Å². The van der Waals surface area contributed by atoms with Crippen LogP contribution in [0.2, 0.25) is 4.34 Å². The van der Waals surface area contributed by atoms with Gasteiger partial charge in [0.15, 0.2) is 0 Å². The summed E-state index contributed by atoms with van der Waals surface area (Å²) in [7, 11) is -3.51. The Bertz CT molecular complexity index is 966. The van der Waals surface area contributed by atoms with Gasteiger partial charge in [0.05, 0.1) is 10.3 Å². The third-order valence-corrected chi connectivity index (χ3v) is 7.08. The second-order valence-electron chi connectivity index (χ2n) is 5.11. The van der Waals surface area contributed by atoms with Gasteiger partial charge >= 0.3 is 0 Å². The Morgan fingerprint density at radius 1 is 1.21 bits per heavy atom. The highest BCUT2D eigenvalue weighted by Gasteiger charge is 2.41. The van der Waals surface area contributed by atoms with E-state index in [0.717, 1.165) is 11.3 Å². The van der Waals surface area contributed by atoms with E-state index in [2.05, 4.69) is 20.1 Å². The average Bonchev–Trinajstić information content (AvgIpc) is 3.16. The van der Waals surface area contributed by atoms with E-state index >= 15 is 0 Å². The van der Waals surface area contributed by atoms with Crippen molar-refractivity contribution in [3.63, 3.8) is 0 Å². The van der Waals surface area contributed by atoms with Gasteiger partial charge in [0, 0.05) is 25.5 Å². The third-order valence-electron chi connectivity index (χ3n) is 3.55. The van der Waals surface area contributed by atoms with Crippen LogP contribution < -0.4 is 0 Å². The molecule has 0 radical (unpaired) electrons. The minimum atomic E-state index is -3.51. The molecular formula is C13H10ClN5O3S2. The number of nitrogens with zero attached hydrogens (tertiary/aromatic N) is 5. The van der Waals surface area contributed by atoms with Crippen LogP contribution in [0.5, 0.6) is 0 Å². The van der Waals surface area contributed by atoms with Gasteiger partial charge in [0.25, 0.3) is 10.0 Å². The molecule has 0 aliphatic carbocycles. The predicted molar refractivity (Wildman–Crippen MR) is 86.2 cm³/mol. The average molecular weight is 384 g/mol. The molecule has 1 saturated heterocycles. The molecule has 0 spiro atoms. The molecule has 1 aliphatic rings. The van der Waals surface area contributed by atoms with E-state index < -0.39 is 10.0 Å². The lowest BCUT2D eigenvalue weighted by molar-refractivity contribution is 0.217. The van der Waals surface area contributed by atoms with Crippen LogP contribution in [-0.4, -0.2) is 45.9 Å². The molecule has 1 aliphatic heterocycles. The van der Waals surface area contributed by atoms with E-state index in [1.165, 1.54) is 10.4 Å². The van der Waals surface area contributed by atoms with Crippen molar-refractivity contribution in [2.45, 2.75) is 10.1 Å². The fourth-order valence-corrected chi connectivity index (χ4v) is 5.43. The van der Waals surface area contributed by atoms with Crippen LogP contribution in [0, 0.1) is 0 Å².